The molecule has 2 aromatic rings. The van der Waals surface area contributed by atoms with Gasteiger partial charge < -0.3 is 16.8 Å². The van der Waals surface area contributed by atoms with E-state index < -0.39 is 17.6 Å². The first-order valence-electron chi connectivity index (χ1n) is 5.60. The second kappa shape index (κ2) is 5.35. The second-order valence-corrected chi connectivity index (χ2v) is 3.95. The summed E-state index contributed by atoms with van der Waals surface area (Å²) in [6.07, 6.45) is 1.42. The molecule has 7 heteroatoms. The van der Waals surface area contributed by atoms with Gasteiger partial charge in [-0.05, 0) is 30.3 Å². The number of amides is 2. The molecule has 0 spiro atoms. The smallest absolute Gasteiger partial charge is 0.276 e. The lowest BCUT2D eigenvalue weighted by molar-refractivity contribution is 0.0992. The summed E-state index contributed by atoms with van der Waals surface area (Å²) in [5.74, 6) is -2.24. The summed E-state index contributed by atoms with van der Waals surface area (Å²) in [7, 11) is 0. The van der Waals surface area contributed by atoms with Gasteiger partial charge in [-0.25, -0.2) is 9.37 Å². The van der Waals surface area contributed by atoms with Gasteiger partial charge in [0.05, 0.1) is 11.3 Å². The average molecular weight is 274 g/mol. The van der Waals surface area contributed by atoms with Crippen molar-refractivity contribution in [3.8, 4) is 0 Å². The molecule has 0 saturated carbocycles. The Kier molecular flexibility index (Phi) is 3.60. The molecule has 0 unspecified atom stereocenters. The fourth-order valence-corrected chi connectivity index (χ4v) is 1.59. The normalized spacial score (nSPS) is 10.1. The number of rotatable bonds is 3. The lowest BCUT2D eigenvalue weighted by Gasteiger charge is -2.07. The van der Waals surface area contributed by atoms with Crippen molar-refractivity contribution in [2.75, 3.05) is 11.1 Å². The summed E-state index contributed by atoms with van der Waals surface area (Å²) < 4.78 is 13.3. The fraction of sp³-hybridized carbons (Fsp3) is 0. The quantitative estimate of drug-likeness (QED) is 0.779. The zero-order chi connectivity index (χ0) is 14.7. The topological polar surface area (TPSA) is 111 Å². The van der Waals surface area contributed by atoms with Gasteiger partial charge in [0.2, 0.25) is 0 Å². The van der Waals surface area contributed by atoms with Crippen LogP contribution in [0.15, 0.2) is 36.5 Å². The van der Waals surface area contributed by atoms with Crippen LogP contribution in [0, 0.1) is 5.82 Å². The lowest BCUT2D eigenvalue weighted by Crippen LogP contribution is -2.17. The van der Waals surface area contributed by atoms with Gasteiger partial charge in [0.25, 0.3) is 11.8 Å². The highest BCUT2D eigenvalue weighted by atomic mass is 19.1. The highest BCUT2D eigenvalue weighted by Crippen LogP contribution is 2.16. The number of primary amides is 1. The van der Waals surface area contributed by atoms with E-state index in [2.05, 4.69) is 10.3 Å². The van der Waals surface area contributed by atoms with Crippen LogP contribution in [0.1, 0.15) is 20.8 Å². The van der Waals surface area contributed by atoms with E-state index >= 15 is 0 Å². The highest BCUT2D eigenvalue weighted by molar-refractivity contribution is 6.06. The van der Waals surface area contributed by atoms with Crippen LogP contribution in [0.2, 0.25) is 0 Å². The number of nitrogen functional groups attached to an aromatic ring is 1. The largest absolute Gasteiger partial charge is 0.397 e. The number of nitrogens with zero attached hydrogens (tertiary/aromatic N) is 1. The molecule has 0 aliphatic heterocycles. The van der Waals surface area contributed by atoms with Gasteiger partial charge in [0, 0.05) is 11.9 Å². The summed E-state index contributed by atoms with van der Waals surface area (Å²) in [6.45, 7) is 0. The minimum Gasteiger partial charge on any atom is -0.397 e. The predicted octanol–water partition coefficient (Wildman–Crippen LogP) is 1.15. The minimum absolute atomic E-state index is 0.0393. The van der Waals surface area contributed by atoms with E-state index in [1.165, 1.54) is 18.3 Å². The number of hydrogen-bond donors (Lipinski definition) is 3. The van der Waals surface area contributed by atoms with Crippen LogP contribution in [0.3, 0.4) is 0 Å². The molecule has 2 amide bonds. The molecule has 0 radical (unpaired) electrons. The molecule has 102 valence electrons. The van der Waals surface area contributed by atoms with Gasteiger partial charge in [0.1, 0.15) is 5.82 Å². The van der Waals surface area contributed by atoms with Crippen molar-refractivity contribution in [1.82, 2.24) is 4.98 Å². The van der Waals surface area contributed by atoms with Crippen LogP contribution in [-0.4, -0.2) is 16.8 Å². The van der Waals surface area contributed by atoms with Crippen molar-refractivity contribution in [1.29, 1.82) is 0 Å². The molecule has 1 aromatic heterocycles. The van der Waals surface area contributed by atoms with Gasteiger partial charge in [-0.3, -0.25) is 9.59 Å². The monoisotopic (exact) mass is 274 g/mol. The molecule has 0 aliphatic carbocycles. The van der Waals surface area contributed by atoms with Crippen LogP contribution in [0.25, 0.3) is 0 Å². The van der Waals surface area contributed by atoms with E-state index in [1.807, 2.05) is 0 Å². The highest BCUT2D eigenvalue weighted by Gasteiger charge is 2.13. The summed E-state index contributed by atoms with van der Waals surface area (Å²) in [6, 6.07) is 6.61. The SMILES string of the molecule is NC(=O)c1cc(NC(=O)c2ncccc2N)ccc1F. The summed E-state index contributed by atoms with van der Waals surface area (Å²) in [4.78, 5) is 26.8. The Morgan fingerprint density at radius 2 is 2.00 bits per heavy atom. The van der Waals surface area contributed by atoms with Crippen molar-refractivity contribution in [2.24, 2.45) is 5.73 Å². The Balaban J connectivity index is 2.27. The zero-order valence-electron chi connectivity index (χ0n) is 10.3. The van der Waals surface area contributed by atoms with E-state index in [0.717, 1.165) is 12.1 Å². The number of nitrogens with two attached hydrogens (primary N) is 2. The van der Waals surface area contributed by atoms with Gasteiger partial charge in [-0.1, -0.05) is 0 Å². The molecule has 2 rings (SSSR count). The van der Waals surface area contributed by atoms with E-state index in [1.54, 1.807) is 6.07 Å². The van der Waals surface area contributed by atoms with Gasteiger partial charge in [-0.2, -0.15) is 0 Å². The van der Waals surface area contributed by atoms with Crippen molar-refractivity contribution >= 4 is 23.2 Å². The third-order valence-electron chi connectivity index (χ3n) is 2.54. The maximum Gasteiger partial charge on any atom is 0.276 e. The lowest BCUT2D eigenvalue weighted by atomic mass is 10.1. The van der Waals surface area contributed by atoms with Gasteiger partial charge in [-0.15, -0.1) is 0 Å². The number of carbonyl (C=O) groups excluding carboxylic acids is 2. The molecule has 6 nitrogen and oxygen atoms in total. The van der Waals surface area contributed by atoms with Crippen molar-refractivity contribution in [3.63, 3.8) is 0 Å². The molecule has 0 fully saturated rings. The molecule has 20 heavy (non-hydrogen) atoms. The predicted molar refractivity (Wildman–Crippen MR) is 71.5 cm³/mol. The number of nitrogens with one attached hydrogen (secondary N) is 1. The Hall–Kier alpha value is -2.96. The number of halogens is 1. The summed E-state index contributed by atoms with van der Waals surface area (Å²) in [5.41, 5.74) is 10.8. The molecule has 0 aliphatic rings. The summed E-state index contributed by atoms with van der Waals surface area (Å²) >= 11 is 0. The first-order valence-corrected chi connectivity index (χ1v) is 5.60. The van der Waals surface area contributed by atoms with Crippen LogP contribution < -0.4 is 16.8 Å². The Bertz CT molecular complexity index is 688. The Morgan fingerprint density at radius 3 is 2.65 bits per heavy atom. The zero-order valence-corrected chi connectivity index (χ0v) is 10.3. The van der Waals surface area contributed by atoms with Gasteiger partial charge >= 0.3 is 0 Å². The first kappa shape index (κ1) is 13.5. The third-order valence-corrected chi connectivity index (χ3v) is 2.54. The Morgan fingerprint density at radius 1 is 1.25 bits per heavy atom. The molecule has 0 saturated heterocycles. The van der Waals surface area contributed by atoms with Crippen LogP contribution in [0.4, 0.5) is 15.8 Å². The molecule has 0 atom stereocenters. The maximum atomic E-state index is 13.3. The van der Waals surface area contributed by atoms with E-state index in [-0.39, 0.29) is 22.6 Å². The Labute approximate surface area is 113 Å². The number of aromatic nitrogens is 1. The van der Waals surface area contributed by atoms with Crippen molar-refractivity contribution in [2.45, 2.75) is 0 Å². The number of pyridine rings is 1. The molecule has 1 aromatic carbocycles. The van der Waals surface area contributed by atoms with Gasteiger partial charge in [0.15, 0.2) is 5.69 Å². The van der Waals surface area contributed by atoms with Crippen molar-refractivity contribution < 1.29 is 14.0 Å². The van der Waals surface area contributed by atoms with E-state index in [0.29, 0.717) is 0 Å². The number of carbonyl (C=O) groups is 2. The van der Waals surface area contributed by atoms with Crippen molar-refractivity contribution in [3.05, 3.63) is 53.6 Å². The van der Waals surface area contributed by atoms with E-state index in [9.17, 15) is 14.0 Å². The molecular weight excluding hydrogens is 263 g/mol. The fourth-order valence-electron chi connectivity index (χ4n) is 1.59. The maximum absolute atomic E-state index is 13.3. The summed E-state index contributed by atoms with van der Waals surface area (Å²) in [5, 5.41) is 2.47. The first-order chi connectivity index (χ1) is 9.49. The molecule has 1 heterocycles. The third kappa shape index (κ3) is 2.72. The minimum atomic E-state index is -0.920. The molecule has 0 bridgehead atoms. The molecule has 5 N–H and O–H groups in total. The van der Waals surface area contributed by atoms with Crippen LogP contribution >= 0.6 is 0 Å². The van der Waals surface area contributed by atoms with E-state index in [4.69, 9.17) is 11.5 Å². The standard InChI is InChI=1S/C13H11FN4O2/c14-9-4-3-7(6-8(9)12(16)19)18-13(20)11-10(15)2-1-5-17-11/h1-6H,15H2,(H2,16,19)(H,18,20). The number of hydrogen-bond acceptors (Lipinski definition) is 4. The van der Waals surface area contributed by atoms with Crippen LogP contribution in [0.5, 0.6) is 0 Å². The number of benzene rings is 1. The number of anilines is 2. The average Bonchev–Trinajstić information content (AvgIpc) is 2.41. The second-order valence-electron chi connectivity index (χ2n) is 3.95. The van der Waals surface area contributed by atoms with Crippen LogP contribution in [-0.2, 0) is 0 Å². The molecular formula is C13H11FN4O2.